The summed E-state index contributed by atoms with van der Waals surface area (Å²) in [5.74, 6) is 0.461. The van der Waals surface area contributed by atoms with Gasteiger partial charge in [0.15, 0.2) is 0 Å². The molecular weight excluding hydrogens is 572 g/mol. The summed E-state index contributed by atoms with van der Waals surface area (Å²) in [6.07, 6.45) is -3.49. The molecule has 0 N–H and O–H groups in total. The quantitative estimate of drug-likeness (QED) is 0.205. The van der Waals surface area contributed by atoms with Gasteiger partial charge in [-0.3, -0.25) is 9.78 Å². The van der Waals surface area contributed by atoms with E-state index in [4.69, 9.17) is 27.9 Å². The van der Waals surface area contributed by atoms with Crippen LogP contribution in [0.1, 0.15) is 28.2 Å². The fraction of sp³-hybridized carbons (Fsp3) is 0.185. The van der Waals surface area contributed by atoms with E-state index in [9.17, 15) is 18.0 Å². The summed E-state index contributed by atoms with van der Waals surface area (Å²) in [4.78, 5) is 26.1. The van der Waals surface area contributed by atoms with Crippen molar-refractivity contribution < 1.29 is 17.9 Å². The number of alkyl halides is 3. The maximum absolute atomic E-state index is 13.3. The molecule has 0 saturated heterocycles. The van der Waals surface area contributed by atoms with Crippen LogP contribution in [-0.2, 0) is 19.3 Å². The number of rotatable bonds is 6. The summed E-state index contributed by atoms with van der Waals surface area (Å²) in [7, 11) is 0. The first-order valence-electron chi connectivity index (χ1n) is 11.6. The van der Waals surface area contributed by atoms with Gasteiger partial charge in [0.2, 0.25) is 0 Å². The maximum Gasteiger partial charge on any atom is 0.421 e. The first-order valence-corrected chi connectivity index (χ1v) is 13.2. The zero-order valence-electron chi connectivity index (χ0n) is 20.5. The van der Waals surface area contributed by atoms with Crippen molar-refractivity contribution in [3.8, 4) is 17.0 Å². The van der Waals surface area contributed by atoms with E-state index < -0.39 is 17.3 Å². The van der Waals surface area contributed by atoms with E-state index in [1.54, 1.807) is 24.6 Å². The Morgan fingerprint density at radius 1 is 1.05 bits per heavy atom. The number of nitrogens with zero attached hydrogens (tertiary/aromatic N) is 4. The third kappa shape index (κ3) is 5.50. The minimum absolute atomic E-state index is 0.0588. The standard InChI is InChI=1S/C27H19Cl2F3N4O2S/c1-14-9-17(24-25(29)39-13-33-24)16-5-3-7-22(23(16)35-14)38-12-18-20(28)10-15(2)34-21(18)11-36-8-4-6-19(26(36)37)27(30,31)32/h3-10,13H,11-12H2,1-2H3. The second-order valence-electron chi connectivity index (χ2n) is 8.75. The van der Waals surface area contributed by atoms with Gasteiger partial charge >= 0.3 is 6.18 Å². The summed E-state index contributed by atoms with van der Waals surface area (Å²) >= 11 is 14.2. The molecule has 1 aromatic carbocycles. The number of ether oxygens (including phenoxy) is 1. The minimum Gasteiger partial charge on any atom is -0.486 e. The Morgan fingerprint density at radius 3 is 2.54 bits per heavy atom. The van der Waals surface area contributed by atoms with Crippen molar-refractivity contribution in [2.75, 3.05) is 0 Å². The number of benzene rings is 1. The van der Waals surface area contributed by atoms with E-state index in [0.29, 0.717) is 43.3 Å². The fourth-order valence-electron chi connectivity index (χ4n) is 4.26. The number of halogens is 5. The second kappa shape index (κ2) is 10.6. The van der Waals surface area contributed by atoms with E-state index >= 15 is 0 Å². The van der Waals surface area contributed by atoms with Crippen LogP contribution in [0.2, 0.25) is 9.36 Å². The average Bonchev–Trinajstić information content (AvgIpc) is 3.29. The summed E-state index contributed by atoms with van der Waals surface area (Å²) in [6, 6.07) is 10.9. The van der Waals surface area contributed by atoms with Crippen LogP contribution in [0.3, 0.4) is 0 Å². The number of aromatic nitrogens is 4. The molecule has 0 saturated carbocycles. The molecule has 4 heterocycles. The molecule has 0 aliphatic rings. The van der Waals surface area contributed by atoms with Gasteiger partial charge in [0, 0.05) is 34.1 Å². The molecule has 0 radical (unpaired) electrons. The molecule has 0 fully saturated rings. The van der Waals surface area contributed by atoms with Gasteiger partial charge in [-0.25, -0.2) is 9.97 Å². The Balaban J connectivity index is 1.52. The predicted octanol–water partition coefficient (Wildman–Crippen LogP) is 7.48. The molecule has 0 aliphatic carbocycles. The third-order valence-electron chi connectivity index (χ3n) is 6.01. The van der Waals surface area contributed by atoms with Crippen LogP contribution in [0, 0.1) is 13.8 Å². The van der Waals surface area contributed by atoms with E-state index in [0.717, 1.165) is 27.3 Å². The molecule has 6 nitrogen and oxygen atoms in total. The monoisotopic (exact) mass is 590 g/mol. The molecule has 4 aromatic heterocycles. The first kappa shape index (κ1) is 27.1. The molecule has 200 valence electrons. The number of fused-ring (bicyclic) bond motifs is 1. The van der Waals surface area contributed by atoms with Gasteiger partial charge in [0.25, 0.3) is 5.56 Å². The highest BCUT2D eigenvalue weighted by atomic mass is 35.5. The summed E-state index contributed by atoms with van der Waals surface area (Å²) in [5, 5.41) is 1.10. The van der Waals surface area contributed by atoms with Crippen LogP contribution in [0.5, 0.6) is 5.75 Å². The lowest BCUT2D eigenvalue weighted by Crippen LogP contribution is -2.29. The average molecular weight is 591 g/mol. The Labute approximate surface area is 234 Å². The normalized spacial score (nSPS) is 11.8. The molecule has 12 heteroatoms. The molecule has 5 aromatic rings. The SMILES string of the molecule is Cc1cc(Cl)c(COc2cccc3c(-c4ncsc4Cl)cc(C)nc23)c(Cn2cccc(C(F)(F)F)c2=O)n1. The van der Waals surface area contributed by atoms with Gasteiger partial charge in [-0.05, 0) is 44.2 Å². The lowest BCUT2D eigenvalue weighted by molar-refractivity contribution is -0.138. The van der Waals surface area contributed by atoms with Crippen molar-refractivity contribution in [1.82, 2.24) is 19.5 Å². The summed E-state index contributed by atoms with van der Waals surface area (Å²) < 4.78 is 47.6. The zero-order chi connectivity index (χ0) is 27.9. The number of pyridine rings is 3. The minimum atomic E-state index is -4.77. The number of thiazole rings is 1. The van der Waals surface area contributed by atoms with Crippen LogP contribution in [0.25, 0.3) is 22.2 Å². The van der Waals surface area contributed by atoms with Crippen LogP contribution in [-0.4, -0.2) is 19.5 Å². The molecule has 39 heavy (non-hydrogen) atoms. The molecule has 5 rings (SSSR count). The molecular formula is C27H19Cl2F3N4O2S. The number of para-hydroxylation sites is 1. The van der Waals surface area contributed by atoms with Crippen molar-refractivity contribution in [3.63, 3.8) is 0 Å². The molecule has 0 aliphatic heterocycles. The van der Waals surface area contributed by atoms with Crippen molar-refractivity contribution in [1.29, 1.82) is 0 Å². The molecule has 0 unspecified atom stereocenters. The topological polar surface area (TPSA) is 69.9 Å². The predicted molar refractivity (Wildman–Crippen MR) is 146 cm³/mol. The molecule has 0 amide bonds. The zero-order valence-corrected chi connectivity index (χ0v) is 22.8. The van der Waals surface area contributed by atoms with Crippen molar-refractivity contribution in [3.05, 3.63) is 102 Å². The Hall–Kier alpha value is -3.47. The lowest BCUT2D eigenvalue weighted by Gasteiger charge is -2.16. The largest absolute Gasteiger partial charge is 0.486 e. The van der Waals surface area contributed by atoms with Crippen molar-refractivity contribution in [2.45, 2.75) is 33.2 Å². The lowest BCUT2D eigenvalue weighted by atomic mass is 10.0. The van der Waals surface area contributed by atoms with Crippen molar-refractivity contribution in [2.24, 2.45) is 0 Å². The third-order valence-corrected chi connectivity index (χ3v) is 7.41. The molecule has 0 bridgehead atoms. The van der Waals surface area contributed by atoms with E-state index in [1.807, 2.05) is 25.1 Å². The van der Waals surface area contributed by atoms with Gasteiger partial charge in [-0.15, -0.1) is 11.3 Å². The number of aryl methyl sites for hydroxylation is 2. The smallest absolute Gasteiger partial charge is 0.421 e. The number of hydrogen-bond donors (Lipinski definition) is 0. The van der Waals surface area contributed by atoms with Gasteiger partial charge in [-0.2, -0.15) is 13.2 Å². The van der Waals surface area contributed by atoms with Crippen LogP contribution in [0.15, 0.2) is 59.0 Å². The van der Waals surface area contributed by atoms with Gasteiger partial charge in [0.1, 0.15) is 33.5 Å². The van der Waals surface area contributed by atoms with Crippen LogP contribution >= 0.6 is 34.5 Å². The van der Waals surface area contributed by atoms with E-state index in [2.05, 4.69) is 15.0 Å². The Morgan fingerprint density at radius 2 is 1.82 bits per heavy atom. The molecule has 0 atom stereocenters. The highest BCUT2D eigenvalue weighted by molar-refractivity contribution is 7.14. The highest BCUT2D eigenvalue weighted by Gasteiger charge is 2.34. The molecule has 0 spiro atoms. The van der Waals surface area contributed by atoms with E-state index in [-0.39, 0.29) is 13.2 Å². The van der Waals surface area contributed by atoms with Gasteiger partial charge in [-0.1, -0.05) is 35.3 Å². The number of hydrogen-bond acceptors (Lipinski definition) is 6. The van der Waals surface area contributed by atoms with Gasteiger partial charge in [0.05, 0.1) is 22.8 Å². The van der Waals surface area contributed by atoms with E-state index in [1.165, 1.54) is 23.6 Å². The summed E-state index contributed by atoms with van der Waals surface area (Å²) in [6.45, 7) is 3.28. The van der Waals surface area contributed by atoms with Gasteiger partial charge < -0.3 is 9.30 Å². The first-order chi connectivity index (χ1) is 18.5. The van der Waals surface area contributed by atoms with Crippen LogP contribution in [0.4, 0.5) is 13.2 Å². The second-order valence-corrected chi connectivity index (χ2v) is 10.6. The fourth-order valence-corrected chi connectivity index (χ4v) is 5.38. The highest BCUT2D eigenvalue weighted by Crippen LogP contribution is 2.37. The maximum atomic E-state index is 13.3. The summed E-state index contributed by atoms with van der Waals surface area (Å²) in [5.41, 5.74) is 3.34. The van der Waals surface area contributed by atoms with Crippen LogP contribution < -0.4 is 10.3 Å². The Kier molecular flexibility index (Phi) is 7.37. The Bertz CT molecular complexity index is 1770. The van der Waals surface area contributed by atoms with Crippen molar-refractivity contribution >= 4 is 45.4 Å².